The molecule has 0 radical (unpaired) electrons. The maximum Gasteiger partial charge on any atom is 0.337 e. The molecule has 10 heteroatoms. The van der Waals surface area contributed by atoms with Crippen LogP contribution in [-0.2, 0) is 23.9 Å². The van der Waals surface area contributed by atoms with Crippen molar-refractivity contribution in [3.8, 4) is 0 Å². The zero-order valence-corrected chi connectivity index (χ0v) is 20.6. The minimum Gasteiger partial charge on any atom is -0.465 e. The molecule has 1 aliphatic heterocycles. The van der Waals surface area contributed by atoms with Crippen molar-refractivity contribution in [1.82, 2.24) is 10.2 Å². The fraction of sp³-hybridized carbons (Fsp3) is 0.560. The number of benzene rings is 1. The van der Waals surface area contributed by atoms with Gasteiger partial charge in [-0.2, -0.15) is 0 Å². The predicted molar refractivity (Wildman–Crippen MR) is 127 cm³/mol. The number of anilines is 1. The second-order valence-corrected chi connectivity index (χ2v) is 9.42. The summed E-state index contributed by atoms with van der Waals surface area (Å²) in [4.78, 5) is 64.9. The van der Waals surface area contributed by atoms with Crippen LogP contribution in [-0.4, -0.2) is 66.9 Å². The van der Waals surface area contributed by atoms with E-state index in [1.54, 1.807) is 4.90 Å². The van der Waals surface area contributed by atoms with E-state index in [4.69, 9.17) is 9.47 Å². The van der Waals surface area contributed by atoms with E-state index < -0.39 is 23.9 Å². The fourth-order valence-corrected chi connectivity index (χ4v) is 4.81. The largest absolute Gasteiger partial charge is 0.465 e. The van der Waals surface area contributed by atoms with E-state index in [1.807, 2.05) is 13.8 Å². The lowest BCUT2D eigenvalue weighted by Crippen LogP contribution is -2.68. The molecule has 3 amide bonds. The van der Waals surface area contributed by atoms with Crippen LogP contribution in [0, 0.1) is 5.92 Å². The van der Waals surface area contributed by atoms with Gasteiger partial charge in [0.15, 0.2) is 0 Å². The van der Waals surface area contributed by atoms with Gasteiger partial charge in [-0.15, -0.1) is 0 Å². The number of fused-ring (bicyclic) bond motifs is 1. The molecule has 2 fully saturated rings. The van der Waals surface area contributed by atoms with Crippen LogP contribution < -0.4 is 10.6 Å². The summed E-state index contributed by atoms with van der Waals surface area (Å²) in [6.45, 7) is 3.88. The Morgan fingerprint density at radius 2 is 1.63 bits per heavy atom. The highest BCUT2D eigenvalue weighted by atomic mass is 16.5. The number of hydrogen-bond donors (Lipinski definition) is 2. The maximum absolute atomic E-state index is 13.2. The molecule has 1 aromatic rings. The van der Waals surface area contributed by atoms with Gasteiger partial charge in [-0.1, -0.05) is 26.7 Å². The Labute approximate surface area is 204 Å². The molecular weight excluding hydrogens is 454 g/mol. The monoisotopic (exact) mass is 487 g/mol. The molecule has 1 aliphatic carbocycles. The minimum atomic E-state index is -0.940. The van der Waals surface area contributed by atoms with E-state index in [0.29, 0.717) is 0 Å². The number of esters is 2. The van der Waals surface area contributed by atoms with E-state index in [0.717, 1.165) is 25.7 Å². The molecule has 35 heavy (non-hydrogen) atoms. The number of amides is 3. The van der Waals surface area contributed by atoms with Crippen LogP contribution in [0.15, 0.2) is 18.2 Å². The average molecular weight is 488 g/mol. The molecule has 1 aromatic carbocycles. The van der Waals surface area contributed by atoms with Crippen LogP contribution in [0.1, 0.15) is 73.1 Å². The SMILES string of the molecule is COC(=O)c1cc(NC(=O)C[C@@H]2C(=O)N[C@H]3CCCC[C@H]3N2C(=O)CC(C)C)cc(C(=O)OC)c1. The van der Waals surface area contributed by atoms with Crippen molar-refractivity contribution < 1.29 is 33.4 Å². The van der Waals surface area contributed by atoms with Crippen molar-refractivity contribution in [2.75, 3.05) is 19.5 Å². The van der Waals surface area contributed by atoms with Gasteiger partial charge in [0, 0.05) is 18.2 Å². The zero-order valence-electron chi connectivity index (χ0n) is 20.6. The van der Waals surface area contributed by atoms with Crippen molar-refractivity contribution in [3.63, 3.8) is 0 Å². The van der Waals surface area contributed by atoms with Gasteiger partial charge >= 0.3 is 11.9 Å². The Morgan fingerprint density at radius 3 is 2.20 bits per heavy atom. The fourth-order valence-electron chi connectivity index (χ4n) is 4.81. The lowest BCUT2D eigenvalue weighted by molar-refractivity contribution is -0.152. The summed E-state index contributed by atoms with van der Waals surface area (Å²) in [6.07, 6.45) is 3.55. The Balaban J connectivity index is 1.84. The smallest absolute Gasteiger partial charge is 0.337 e. The molecule has 1 saturated carbocycles. The molecule has 1 heterocycles. The molecule has 0 aromatic heterocycles. The van der Waals surface area contributed by atoms with Crippen molar-refractivity contribution >= 4 is 35.3 Å². The van der Waals surface area contributed by atoms with E-state index >= 15 is 0 Å². The van der Waals surface area contributed by atoms with Gasteiger partial charge in [0.25, 0.3) is 0 Å². The Kier molecular flexibility index (Phi) is 8.48. The number of nitrogens with one attached hydrogen (secondary N) is 2. The number of hydrogen-bond acceptors (Lipinski definition) is 7. The molecule has 0 unspecified atom stereocenters. The number of nitrogens with zero attached hydrogens (tertiary/aromatic N) is 1. The number of carbonyl (C=O) groups excluding carboxylic acids is 5. The summed E-state index contributed by atoms with van der Waals surface area (Å²) in [5.41, 5.74) is 0.282. The molecule has 0 spiro atoms. The van der Waals surface area contributed by atoms with Crippen LogP contribution in [0.3, 0.4) is 0 Å². The molecule has 0 bridgehead atoms. The van der Waals surface area contributed by atoms with Crippen LogP contribution in [0.2, 0.25) is 0 Å². The molecule has 2 aliphatic rings. The van der Waals surface area contributed by atoms with Crippen molar-refractivity contribution in [2.45, 2.75) is 70.5 Å². The lowest BCUT2D eigenvalue weighted by atomic mass is 9.84. The first-order chi connectivity index (χ1) is 16.6. The second kappa shape index (κ2) is 11.3. The Morgan fingerprint density at radius 1 is 1.03 bits per heavy atom. The molecule has 2 N–H and O–H groups in total. The van der Waals surface area contributed by atoms with Crippen LogP contribution in [0.25, 0.3) is 0 Å². The summed E-state index contributed by atoms with van der Waals surface area (Å²) < 4.78 is 9.44. The first kappa shape index (κ1) is 26.2. The van der Waals surface area contributed by atoms with Crippen molar-refractivity contribution in [2.24, 2.45) is 5.92 Å². The Bertz CT molecular complexity index is 973. The maximum atomic E-state index is 13.2. The van der Waals surface area contributed by atoms with Gasteiger partial charge in [-0.3, -0.25) is 14.4 Å². The first-order valence-electron chi connectivity index (χ1n) is 11.9. The normalized spacial score (nSPS) is 21.6. The molecule has 3 atom stereocenters. The minimum absolute atomic E-state index is 0.0555. The summed E-state index contributed by atoms with van der Waals surface area (Å²) in [7, 11) is 2.41. The molecular formula is C25H33N3O7. The van der Waals surface area contributed by atoms with Gasteiger partial charge in [0.05, 0.1) is 37.8 Å². The predicted octanol–water partition coefficient (Wildman–Crippen LogP) is 2.27. The van der Waals surface area contributed by atoms with Gasteiger partial charge in [-0.25, -0.2) is 9.59 Å². The number of ether oxygens (including phenoxy) is 2. The summed E-state index contributed by atoms with van der Waals surface area (Å²) in [5, 5.41) is 5.65. The number of piperazine rings is 1. The van der Waals surface area contributed by atoms with Gasteiger partial charge in [0.1, 0.15) is 6.04 Å². The van der Waals surface area contributed by atoms with Crippen LogP contribution in [0.4, 0.5) is 5.69 Å². The molecule has 10 nitrogen and oxygen atoms in total. The number of rotatable bonds is 7. The lowest BCUT2D eigenvalue weighted by Gasteiger charge is -2.48. The van der Waals surface area contributed by atoms with E-state index in [1.165, 1.54) is 32.4 Å². The first-order valence-corrected chi connectivity index (χ1v) is 11.9. The summed E-state index contributed by atoms with van der Waals surface area (Å²) >= 11 is 0. The van der Waals surface area contributed by atoms with E-state index in [-0.39, 0.29) is 59.5 Å². The third kappa shape index (κ3) is 6.17. The van der Waals surface area contributed by atoms with Crippen LogP contribution >= 0.6 is 0 Å². The third-order valence-corrected chi connectivity index (χ3v) is 6.36. The topological polar surface area (TPSA) is 131 Å². The quantitative estimate of drug-likeness (QED) is 0.564. The van der Waals surface area contributed by atoms with Crippen molar-refractivity contribution in [1.29, 1.82) is 0 Å². The number of methoxy groups -OCH3 is 2. The van der Waals surface area contributed by atoms with Gasteiger partial charge in [0.2, 0.25) is 17.7 Å². The number of carbonyl (C=O) groups is 5. The Hall–Kier alpha value is -3.43. The third-order valence-electron chi connectivity index (χ3n) is 6.36. The molecule has 3 rings (SSSR count). The highest BCUT2D eigenvalue weighted by Crippen LogP contribution is 2.31. The highest BCUT2D eigenvalue weighted by molar-refractivity contribution is 6.01. The average Bonchev–Trinajstić information content (AvgIpc) is 2.82. The van der Waals surface area contributed by atoms with Crippen molar-refractivity contribution in [3.05, 3.63) is 29.3 Å². The standard InChI is InChI=1S/C25H33N3O7/c1-14(2)9-22(30)28-19-8-6-5-7-18(19)27-23(31)20(28)13-21(29)26-17-11-15(24(32)34-3)10-16(12-17)25(33)35-4/h10-12,14,18-20H,5-9,13H2,1-4H3,(H,26,29)(H,27,31)/t18-,19+,20+/m0/s1. The highest BCUT2D eigenvalue weighted by Gasteiger charge is 2.45. The second-order valence-electron chi connectivity index (χ2n) is 9.42. The van der Waals surface area contributed by atoms with Crippen LogP contribution in [0.5, 0.6) is 0 Å². The van der Waals surface area contributed by atoms with E-state index in [2.05, 4.69) is 10.6 Å². The molecule has 1 saturated heterocycles. The van der Waals surface area contributed by atoms with Gasteiger partial charge < -0.3 is 25.0 Å². The summed E-state index contributed by atoms with van der Waals surface area (Å²) in [6, 6.07) is 2.86. The molecule has 190 valence electrons. The zero-order chi connectivity index (χ0) is 25.7. The summed E-state index contributed by atoms with van der Waals surface area (Å²) in [5.74, 6) is -2.27. The van der Waals surface area contributed by atoms with E-state index in [9.17, 15) is 24.0 Å². The van der Waals surface area contributed by atoms with Gasteiger partial charge in [-0.05, 0) is 37.0 Å².